The molecule has 0 fully saturated rings. The fraction of sp³-hybridized carbons (Fsp3) is 0.310. The summed E-state index contributed by atoms with van der Waals surface area (Å²) in [5.41, 5.74) is 1.17. The van der Waals surface area contributed by atoms with Gasteiger partial charge in [-0.3, -0.25) is 13.9 Å². The van der Waals surface area contributed by atoms with Crippen molar-refractivity contribution in [1.82, 2.24) is 10.2 Å². The summed E-state index contributed by atoms with van der Waals surface area (Å²) in [4.78, 5) is 28.2. The first-order valence-electron chi connectivity index (χ1n) is 12.5. The van der Waals surface area contributed by atoms with Gasteiger partial charge in [0.25, 0.3) is 10.0 Å². The third-order valence-corrected chi connectivity index (χ3v) is 7.81. The zero-order valence-corrected chi connectivity index (χ0v) is 23.0. The molecule has 8 nitrogen and oxygen atoms in total. The normalized spacial score (nSPS) is 12.0. The van der Waals surface area contributed by atoms with Crippen LogP contribution in [-0.2, 0) is 26.2 Å². The van der Waals surface area contributed by atoms with Gasteiger partial charge in [0, 0.05) is 13.1 Å². The summed E-state index contributed by atoms with van der Waals surface area (Å²) in [6, 6.07) is 22.9. The number of carbonyl (C=O) groups is 2. The van der Waals surface area contributed by atoms with Crippen molar-refractivity contribution in [2.75, 3.05) is 24.5 Å². The number of amides is 2. The third-order valence-electron chi connectivity index (χ3n) is 6.02. The maximum atomic E-state index is 13.8. The molecule has 2 amide bonds. The number of nitrogens with one attached hydrogen (secondary N) is 1. The third kappa shape index (κ3) is 7.35. The van der Waals surface area contributed by atoms with Gasteiger partial charge in [-0.25, -0.2) is 8.42 Å². The van der Waals surface area contributed by atoms with Crippen LogP contribution in [0.5, 0.6) is 5.75 Å². The monoisotopic (exact) mass is 537 g/mol. The Labute approximate surface area is 225 Å². The first-order valence-corrected chi connectivity index (χ1v) is 13.9. The fourth-order valence-corrected chi connectivity index (χ4v) is 5.23. The van der Waals surface area contributed by atoms with Crippen LogP contribution < -0.4 is 14.4 Å². The van der Waals surface area contributed by atoms with Crippen molar-refractivity contribution < 1.29 is 22.7 Å². The molecule has 0 spiro atoms. The number of ether oxygens (including phenoxy) is 1. The Morgan fingerprint density at radius 3 is 2.00 bits per heavy atom. The van der Waals surface area contributed by atoms with Crippen molar-refractivity contribution in [2.24, 2.45) is 5.92 Å². The molecule has 38 heavy (non-hydrogen) atoms. The minimum atomic E-state index is -4.12. The van der Waals surface area contributed by atoms with Crippen molar-refractivity contribution in [2.45, 2.75) is 38.3 Å². The van der Waals surface area contributed by atoms with E-state index in [1.807, 2.05) is 44.2 Å². The number of rotatable bonds is 12. The summed E-state index contributed by atoms with van der Waals surface area (Å²) in [6.45, 7) is 5.77. The number of benzene rings is 3. The Balaban J connectivity index is 1.97. The highest BCUT2D eigenvalue weighted by molar-refractivity contribution is 7.92. The van der Waals surface area contributed by atoms with Gasteiger partial charge in [0.05, 0.1) is 17.7 Å². The van der Waals surface area contributed by atoms with Gasteiger partial charge < -0.3 is 15.0 Å². The van der Waals surface area contributed by atoms with Crippen LogP contribution in [0.4, 0.5) is 5.69 Å². The van der Waals surface area contributed by atoms with E-state index in [1.54, 1.807) is 49.4 Å². The summed E-state index contributed by atoms with van der Waals surface area (Å²) in [5, 5.41) is 2.88. The predicted molar refractivity (Wildman–Crippen MR) is 148 cm³/mol. The van der Waals surface area contributed by atoms with E-state index in [1.165, 1.54) is 24.1 Å². The molecule has 0 saturated carbocycles. The summed E-state index contributed by atoms with van der Waals surface area (Å²) < 4.78 is 33.8. The van der Waals surface area contributed by atoms with Gasteiger partial charge in [-0.05, 0) is 54.8 Å². The quantitative estimate of drug-likeness (QED) is 0.376. The molecule has 9 heteroatoms. The standard InChI is InChI=1S/C29H35N3O5S/c1-22(2)19-30-29(34)23(3)31(20-24-11-7-5-8-12-24)28(33)21-32(25-13-9-6-10-14-25)38(35,36)27-17-15-26(37-4)16-18-27/h5-18,22-23H,19-21H2,1-4H3,(H,30,34)/t23-/m1/s1. The number of para-hydroxylation sites is 1. The molecular formula is C29H35N3O5S. The SMILES string of the molecule is COc1ccc(S(=O)(=O)N(CC(=O)N(Cc2ccccc2)[C@H](C)C(=O)NCC(C)C)c2ccccc2)cc1. The minimum Gasteiger partial charge on any atom is -0.497 e. The van der Waals surface area contributed by atoms with Crippen molar-refractivity contribution in [3.8, 4) is 5.75 Å². The Morgan fingerprint density at radius 2 is 1.45 bits per heavy atom. The number of hydrogen-bond acceptors (Lipinski definition) is 5. The molecule has 0 bridgehead atoms. The number of nitrogens with zero attached hydrogens (tertiary/aromatic N) is 2. The van der Waals surface area contributed by atoms with Crippen LogP contribution in [-0.4, -0.2) is 51.4 Å². The number of anilines is 1. The van der Waals surface area contributed by atoms with Crippen molar-refractivity contribution in [3.63, 3.8) is 0 Å². The van der Waals surface area contributed by atoms with E-state index in [2.05, 4.69) is 5.32 Å². The Hall–Kier alpha value is -3.85. The highest BCUT2D eigenvalue weighted by Crippen LogP contribution is 2.25. The molecule has 1 atom stereocenters. The average molecular weight is 538 g/mol. The Bertz CT molecular complexity index is 1300. The van der Waals surface area contributed by atoms with E-state index in [0.717, 1.165) is 9.87 Å². The molecular weight excluding hydrogens is 502 g/mol. The van der Waals surface area contributed by atoms with E-state index < -0.39 is 28.5 Å². The van der Waals surface area contributed by atoms with Gasteiger partial charge in [-0.15, -0.1) is 0 Å². The maximum absolute atomic E-state index is 13.8. The van der Waals surface area contributed by atoms with Crippen molar-refractivity contribution >= 4 is 27.5 Å². The molecule has 202 valence electrons. The van der Waals surface area contributed by atoms with Crippen LogP contribution in [0.15, 0.2) is 89.8 Å². The van der Waals surface area contributed by atoms with E-state index >= 15 is 0 Å². The van der Waals surface area contributed by atoms with Crippen LogP contribution >= 0.6 is 0 Å². The van der Waals surface area contributed by atoms with Crippen LogP contribution in [0.25, 0.3) is 0 Å². The summed E-state index contributed by atoms with van der Waals surface area (Å²) in [7, 11) is -2.62. The van der Waals surface area contributed by atoms with Crippen LogP contribution in [0.1, 0.15) is 26.3 Å². The second-order valence-corrected chi connectivity index (χ2v) is 11.2. The Morgan fingerprint density at radius 1 is 0.868 bits per heavy atom. The highest BCUT2D eigenvalue weighted by atomic mass is 32.2. The highest BCUT2D eigenvalue weighted by Gasteiger charge is 2.32. The molecule has 3 aromatic carbocycles. The van der Waals surface area contributed by atoms with Crippen LogP contribution in [0.2, 0.25) is 0 Å². The van der Waals surface area contributed by atoms with Crippen LogP contribution in [0, 0.1) is 5.92 Å². The lowest BCUT2D eigenvalue weighted by Gasteiger charge is -2.32. The number of sulfonamides is 1. The summed E-state index contributed by atoms with van der Waals surface area (Å²) in [5.74, 6) is -0.0385. The number of methoxy groups -OCH3 is 1. The lowest BCUT2D eigenvalue weighted by Crippen LogP contribution is -2.51. The molecule has 3 aromatic rings. The van der Waals surface area contributed by atoms with Gasteiger partial charge in [0.1, 0.15) is 18.3 Å². The second kappa shape index (κ2) is 13.1. The summed E-state index contributed by atoms with van der Waals surface area (Å²) >= 11 is 0. The molecule has 0 aliphatic heterocycles. The van der Waals surface area contributed by atoms with E-state index in [4.69, 9.17) is 4.74 Å². The Kier molecular flexibility index (Phi) is 9.90. The van der Waals surface area contributed by atoms with Gasteiger partial charge in [-0.2, -0.15) is 0 Å². The molecule has 0 aromatic heterocycles. The van der Waals surface area contributed by atoms with Gasteiger partial charge in [-0.1, -0.05) is 62.4 Å². The first kappa shape index (κ1) is 28.7. The largest absolute Gasteiger partial charge is 0.497 e. The molecule has 0 unspecified atom stereocenters. The zero-order chi connectivity index (χ0) is 27.7. The van der Waals surface area contributed by atoms with Gasteiger partial charge in [0.15, 0.2) is 0 Å². The van der Waals surface area contributed by atoms with E-state index in [0.29, 0.717) is 18.0 Å². The van der Waals surface area contributed by atoms with Crippen molar-refractivity contribution in [3.05, 3.63) is 90.5 Å². The molecule has 0 heterocycles. The molecule has 1 N–H and O–H groups in total. The van der Waals surface area contributed by atoms with Gasteiger partial charge in [0.2, 0.25) is 11.8 Å². The maximum Gasteiger partial charge on any atom is 0.264 e. The summed E-state index contributed by atoms with van der Waals surface area (Å²) in [6.07, 6.45) is 0. The van der Waals surface area contributed by atoms with E-state index in [9.17, 15) is 18.0 Å². The topological polar surface area (TPSA) is 96.0 Å². The molecule has 0 saturated heterocycles. The molecule has 3 rings (SSSR count). The predicted octanol–water partition coefficient (Wildman–Crippen LogP) is 4.08. The van der Waals surface area contributed by atoms with Crippen molar-refractivity contribution in [1.29, 1.82) is 0 Å². The van der Waals surface area contributed by atoms with E-state index in [-0.39, 0.29) is 23.3 Å². The van der Waals surface area contributed by atoms with Crippen LogP contribution in [0.3, 0.4) is 0 Å². The lowest BCUT2D eigenvalue weighted by molar-refractivity contribution is -0.139. The fourth-order valence-electron chi connectivity index (χ4n) is 3.81. The molecule has 0 aliphatic rings. The zero-order valence-electron chi connectivity index (χ0n) is 22.2. The minimum absolute atomic E-state index is 0.0206. The number of carbonyl (C=O) groups excluding carboxylic acids is 2. The average Bonchev–Trinajstić information content (AvgIpc) is 2.93. The smallest absolute Gasteiger partial charge is 0.264 e. The molecule has 0 radical (unpaired) electrons. The molecule has 0 aliphatic carbocycles. The van der Waals surface area contributed by atoms with Gasteiger partial charge >= 0.3 is 0 Å². The first-order chi connectivity index (χ1) is 18.1. The number of hydrogen-bond donors (Lipinski definition) is 1. The lowest BCUT2D eigenvalue weighted by atomic mass is 10.1. The second-order valence-electron chi connectivity index (χ2n) is 9.34.